The van der Waals surface area contributed by atoms with Crippen LogP contribution in [0.5, 0.6) is 0 Å². The van der Waals surface area contributed by atoms with Gasteiger partial charge in [-0.15, -0.1) is 0 Å². The second kappa shape index (κ2) is 16.2. The third-order valence-electron chi connectivity index (χ3n) is 9.35. The zero-order valence-electron chi connectivity index (χ0n) is 26.4. The van der Waals surface area contributed by atoms with Gasteiger partial charge in [-0.05, 0) is 54.2 Å². The quantitative estimate of drug-likeness (QED) is 0.278. The van der Waals surface area contributed by atoms with Crippen molar-refractivity contribution >= 4 is 29.3 Å². The fraction of sp³-hybridized carbons (Fsp3) is 0.444. The molecule has 0 bridgehead atoms. The average Bonchev–Trinajstić information content (AvgIpc) is 3.09. The van der Waals surface area contributed by atoms with Crippen LogP contribution in [0, 0.1) is 0 Å². The molecule has 9 nitrogen and oxygen atoms in total. The summed E-state index contributed by atoms with van der Waals surface area (Å²) in [5, 5.41) is 6.81. The highest BCUT2D eigenvalue weighted by atomic mass is 35.5. The molecular formula is C36H45ClN6O3. The molecule has 1 aliphatic heterocycles. The van der Waals surface area contributed by atoms with Gasteiger partial charge in [0, 0.05) is 62.1 Å². The van der Waals surface area contributed by atoms with Crippen LogP contribution in [0.2, 0.25) is 5.02 Å². The van der Waals surface area contributed by atoms with Crippen molar-refractivity contribution in [3.8, 4) is 0 Å². The van der Waals surface area contributed by atoms with E-state index in [1.807, 2.05) is 59.5 Å². The Morgan fingerprint density at radius 1 is 0.848 bits per heavy atom. The molecule has 1 aromatic heterocycles. The lowest BCUT2D eigenvalue weighted by molar-refractivity contribution is -0.139. The predicted octanol–water partition coefficient (Wildman–Crippen LogP) is 3.54. The summed E-state index contributed by atoms with van der Waals surface area (Å²) in [6.07, 6.45) is 9.89. The molecule has 0 spiro atoms. The highest BCUT2D eigenvalue weighted by molar-refractivity contribution is 6.30. The van der Waals surface area contributed by atoms with E-state index in [4.69, 9.17) is 17.3 Å². The van der Waals surface area contributed by atoms with E-state index in [1.165, 1.54) is 6.42 Å². The molecule has 10 heteroatoms. The number of hydrogen-bond donors (Lipinski definition) is 3. The maximum absolute atomic E-state index is 14.0. The summed E-state index contributed by atoms with van der Waals surface area (Å²) in [5.74, 6) is -0.458. The van der Waals surface area contributed by atoms with Crippen molar-refractivity contribution in [2.24, 2.45) is 5.73 Å². The summed E-state index contributed by atoms with van der Waals surface area (Å²) < 4.78 is 0. The largest absolute Gasteiger partial charge is 0.354 e. The minimum atomic E-state index is -0.815. The summed E-state index contributed by atoms with van der Waals surface area (Å²) in [6, 6.07) is 19.2. The van der Waals surface area contributed by atoms with Crippen LogP contribution in [0.3, 0.4) is 0 Å². The first-order chi connectivity index (χ1) is 22.3. The summed E-state index contributed by atoms with van der Waals surface area (Å²) in [5.41, 5.74) is 8.92. The highest BCUT2D eigenvalue weighted by Gasteiger charge is 2.41. The number of nitrogens with one attached hydrogen (secondary N) is 2. The van der Waals surface area contributed by atoms with Crippen molar-refractivity contribution in [1.29, 1.82) is 0 Å². The molecule has 2 atom stereocenters. The zero-order chi connectivity index (χ0) is 32.4. The Bertz CT molecular complexity index is 1430. The number of pyridine rings is 1. The van der Waals surface area contributed by atoms with Gasteiger partial charge < -0.3 is 21.3 Å². The van der Waals surface area contributed by atoms with Gasteiger partial charge in [-0.3, -0.25) is 24.3 Å². The second-order valence-electron chi connectivity index (χ2n) is 12.6. The Labute approximate surface area is 276 Å². The van der Waals surface area contributed by atoms with Gasteiger partial charge in [0.25, 0.3) is 0 Å². The number of carbonyl (C=O) groups is 3. The molecular weight excluding hydrogens is 600 g/mol. The number of amides is 3. The first kappa shape index (κ1) is 33.6. The smallest absolute Gasteiger partial charge is 0.245 e. The zero-order valence-corrected chi connectivity index (χ0v) is 27.1. The molecule has 4 N–H and O–H groups in total. The van der Waals surface area contributed by atoms with Crippen molar-refractivity contribution in [1.82, 2.24) is 25.4 Å². The summed E-state index contributed by atoms with van der Waals surface area (Å²) in [4.78, 5) is 48.6. The summed E-state index contributed by atoms with van der Waals surface area (Å²) in [6.45, 7) is 3.13. The van der Waals surface area contributed by atoms with E-state index in [1.54, 1.807) is 24.5 Å². The van der Waals surface area contributed by atoms with Gasteiger partial charge in [-0.2, -0.15) is 0 Å². The molecule has 1 aliphatic carbocycles. The van der Waals surface area contributed by atoms with Crippen molar-refractivity contribution < 1.29 is 14.4 Å². The van der Waals surface area contributed by atoms with Gasteiger partial charge in [0.1, 0.15) is 6.04 Å². The van der Waals surface area contributed by atoms with E-state index >= 15 is 0 Å². The number of nitrogens with two attached hydrogens (primary N) is 1. The summed E-state index contributed by atoms with van der Waals surface area (Å²) >= 11 is 6.11. The maximum Gasteiger partial charge on any atom is 0.245 e. The van der Waals surface area contributed by atoms with Crippen molar-refractivity contribution in [3.05, 3.63) is 101 Å². The van der Waals surface area contributed by atoms with E-state index in [0.717, 1.165) is 42.4 Å². The van der Waals surface area contributed by atoms with Crippen LogP contribution in [0.4, 0.5) is 0 Å². The lowest BCUT2D eigenvalue weighted by Crippen LogP contribution is -2.64. The third-order valence-corrected chi connectivity index (χ3v) is 9.60. The number of halogens is 1. The van der Waals surface area contributed by atoms with Crippen molar-refractivity contribution in [2.75, 3.05) is 32.7 Å². The molecule has 3 amide bonds. The molecule has 2 aliphatic rings. The Balaban J connectivity index is 1.22. The Morgan fingerprint density at radius 2 is 1.54 bits per heavy atom. The van der Waals surface area contributed by atoms with Crippen LogP contribution in [0.1, 0.15) is 48.8 Å². The number of carbonyl (C=O) groups excluding carboxylic acids is 3. The van der Waals surface area contributed by atoms with E-state index in [0.29, 0.717) is 57.0 Å². The second-order valence-corrected chi connectivity index (χ2v) is 13.0. The first-order valence-corrected chi connectivity index (χ1v) is 16.7. The van der Waals surface area contributed by atoms with Crippen LogP contribution >= 0.6 is 11.6 Å². The molecule has 0 radical (unpaired) electrons. The molecule has 5 rings (SSSR count). The number of hydrogen-bond acceptors (Lipinski definition) is 6. The number of piperazine rings is 1. The first-order valence-electron chi connectivity index (χ1n) is 16.4. The Hall–Kier alpha value is -3.79. The van der Waals surface area contributed by atoms with Crippen LogP contribution in [0.25, 0.3) is 0 Å². The molecule has 2 unspecified atom stereocenters. The molecule has 1 saturated carbocycles. The van der Waals surface area contributed by atoms with Crippen LogP contribution in [-0.4, -0.2) is 82.9 Å². The molecule has 1 saturated heterocycles. The third kappa shape index (κ3) is 9.15. The standard InChI is InChI=1S/C36H45ClN6O3/c37-30-13-11-28(12-14-30)23-32(41-34(45)31(38)22-29-10-7-17-39-25-29)35(46)42-18-20-43(21-19-42)36(15-5-2-6-16-36)26-40-33(44)24-27-8-3-1-4-9-27/h1,3-4,7-14,17,25,31-32H,2,5-6,15-16,18-24,26,38H2,(H,40,44)(H,41,45). The van der Waals surface area contributed by atoms with Crippen molar-refractivity contribution in [3.63, 3.8) is 0 Å². The van der Waals surface area contributed by atoms with Crippen LogP contribution in [-0.2, 0) is 33.6 Å². The number of nitrogens with zero attached hydrogens (tertiary/aromatic N) is 3. The Kier molecular flexibility index (Phi) is 11.8. The fourth-order valence-electron chi connectivity index (χ4n) is 6.74. The predicted molar refractivity (Wildman–Crippen MR) is 180 cm³/mol. The molecule has 2 fully saturated rings. The van der Waals surface area contributed by atoms with E-state index in [2.05, 4.69) is 20.5 Å². The van der Waals surface area contributed by atoms with Gasteiger partial charge in [0.05, 0.1) is 12.5 Å². The normalized spacial score (nSPS) is 17.9. The van der Waals surface area contributed by atoms with Gasteiger partial charge in [-0.1, -0.05) is 79.4 Å². The van der Waals surface area contributed by atoms with Crippen LogP contribution in [0.15, 0.2) is 79.1 Å². The van der Waals surface area contributed by atoms with Crippen molar-refractivity contribution in [2.45, 2.75) is 69.0 Å². The van der Waals surface area contributed by atoms with E-state index < -0.39 is 12.1 Å². The number of rotatable bonds is 12. The molecule has 244 valence electrons. The van der Waals surface area contributed by atoms with Gasteiger partial charge >= 0.3 is 0 Å². The van der Waals surface area contributed by atoms with Gasteiger partial charge in [0.15, 0.2) is 0 Å². The maximum atomic E-state index is 14.0. The minimum Gasteiger partial charge on any atom is -0.354 e. The lowest BCUT2D eigenvalue weighted by Gasteiger charge is -2.50. The fourth-order valence-corrected chi connectivity index (χ4v) is 6.87. The molecule has 2 heterocycles. The highest BCUT2D eigenvalue weighted by Crippen LogP contribution is 2.34. The SMILES string of the molecule is NC(Cc1cccnc1)C(=O)NC(Cc1ccc(Cl)cc1)C(=O)N1CCN(C2(CNC(=O)Cc3ccccc3)CCCCC2)CC1. The monoisotopic (exact) mass is 644 g/mol. The van der Waals surface area contributed by atoms with E-state index in [-0.39, 0.29) is 23.3 Å². The molecule has 3 aromatic rings. The van der Waals surface area contributed by atoms with E-state index in [9.17, 15) is 14.4 Å². The van der Waals surface area contributed by atoms with Crippen LogP contribution < -0.4 is 16.4 Å². The summed E-state index contributed by atoms with van der Waals surface area (Å²) in [7, 11) is 0. The van der Waals surface area contributed by atoms with Gasteiger partial charge in [0.2, 0.25) is 17.7 Å². The topological polar surface area (TPSA) is 121 Å². The number of benzene rings is 2. The lowest BCUT2D eigenvalue weighted by atomic mass is 9.79. The minimum absolute atomic E-state index is 0.0347. The average molecular weight is 645 g/mol. The molecule has 2 aromatic carbocycles. The Morgan fingerprint density at radius 3 is 2.22 bits per heavy atom. The number of aromatic nitrogens is 1. The van der Waals surface area contributed by atoms with Gasteiger partial charge in [-0.25, -0.2) is 0 Å². The molecule has 46 heavy (non-hydrogen) atoms.